The van der Waals surface area contributed by atoms with Crippen LogP contribution >= 0.6 is 0 Å². The van der Waals surface area contributed by atoms with Crippen molar-refractivity contribution in [2.75, 3.05) is 23.9 Å². The molecule has 0 fully saturated rings. The number of amides is 1. The minimum absolute atomic E-state index is 0.0513. The second-order valence-corrected chi connectivity index (χ2v) is 11.1. The number of rotatable bonds is 8. The van der Waals surface area contributed by atoms with Crippen LogP contribution in [-0.4, -0.2) is 52.8 Å². The summed E-state index contributed by atoms with van der Waals surface area (Å²) in [5.74, 6) is 1.16. The number of nitrogens with one attached hydrogen (secondary N) is 3. The lowest BCUT2D eigenvalue weighted by molar-refractivity contribution is -0.125. The topological polar surface area (TPSA) is 143 Å². The van der Waals surface area contributed by atoms with E-state index in [9.17, 15) is 13.2 Å². The predicted molar refractivity (Wildman–Crippen MR) is 132 cm³/mol. The van der Waals surface area contributed by atoms with Gasteiger partial charge < -0.3 is 20.0 Å². The summed E-state index contributed by atoms with van der Waals surface area (Å²) in [6.07, 6.45) is 8.19. The van der Waals surface area contributed by atoms with Gasteiger partial charge in [0.05, 0.1) is 17.3 Å². The maximum atomic E-state index is 12.8. The number of aryl methyl sites for hydroxylation is 1. The maximum absolute atomic E-state index is 12.8. The number of carbonyl (C=O) groups excluding carboxylic acids is 1. The van der Waals surface area contributed by atoms with E-state index >= 15 is 0 Å². The molecule has 11 heteroatoms. The van der Waals surface area contributed by atoms with E-state index in [4.69, 9.17) is 4.42 Å². The number of anilines is 2. The van der Waals surface area contributed by atoms with Gasteiger partial charge in [0.1, 0.15) is 27.6 Å². The number of fused-ring (bicyclic) bond motifs is 3. The maximum Gasteiger partial charge on any atom is 0.223 e. The number of sulfone groups is 1. The molecular formula is C24H26N6O4S. The molecule has 1 aliphatic rings. The second-order valence-electron chi connectivity index (χ2n) is 8.81. The molecule has 1 atom stereocenters. The van der Waals surface area contributed by atoms with Crippen LogP contribution in [0.3, 0.4) is 0 Å². The van der Waals surface area contributed by atoms with Crippen molar-refractivity contribution in [1.29, 1.82) is 0 Å². The Hall–Kier alpha value is -3.73. The van der Waals surface area contributed by atoms with Crippen molar-refractivity contribution in [2.45, 2.75) is 25.7 Å². The van der Waals surface area contributed by atoms with Crippen molar-refractivity contribution in [3.05, 3.63) is 54.4 Å². The van der Waals surface area contributed by atoms with Gasteiger partial charge in [0, 0.05) is 35.7 Å². The summed E-state index contributed by atoms with van der Waals surface area (Å²) < 4.78 is 28.0. The van der Waals surface area contributed by atoms with Crippen LogP contribution in [0, 0.1) is 5.92 Å². The Morgan fingerprint density at radius 3 is 2.97 bits per heavy atom. The van der Waals surface area contributed by atoms with Gasteiger partial charge in [-0.25, -0.2) is 23.4 Å². The molecule has 3 N–H and O–H groups in total. The monoisotopic (exact) mass is 494 g/mol. The van der Waals surface area contributed by atoms with Crippen LogP contribution in [-0.2, 0) is 27.5 Å². The number of oxazole rings is 1. The molecule has 5 rings (SSSR count). The largest absolute Gasteiger partial charge is 0.444 e. The van der Waals surface area contributed by atoms with Crippen LogP contribution in [0.15, 0.2) is 47.6 Å². The van der Waals surface area contributed by atoms with Gasteiger partial charge in [-0.05, 0) is 43.4 Å². The molecule has 3 aromatic heterocycles. The van der Waals surface area contributed by atoms with Crippen molar-refractivity contribution in [3.8, 4) is 11.3 Å². The third-order valence-electron chi connectivity index (χ3n) is 6.18. The number of H-pyrrole nitrogens is 1. The molecule has 10 nitrogen and oxygen atoms in total. The first-order chi connectivity index (χ1) is 16.9. The molecule has 0 bridgehead atoms. The van der Waals surface area contributed by atoms with Crippen molar-refractivity contribution in [3.63, 3.8) is 0 Å². The van der Waals surface area contributed by atoms with E-state index in [1.165, 1.54) is 19.0 Å². The van der Waals surface area contributed by atoms with Crippen LogP contribution in [0.2, 0.25) is 0 Å². The zero-order valence-electron chi connectivity index (χ0n) is 19.2. The number of aromatic amines is 1. The minimum atomic E-state index is -3.03. The number of nitrogens with zero attached hydrogens (tertiary/aromatic N) is 3. The van der Waals surface area contributed by atoms with E-state index in [1.807, 2.05) is 24.3 Å². The Balaban J connectivity index is 1.35. The van der Waals surface area contributed by atoms with E-state index in [1.54, 1.807) is 6.20 Å². The quantitative estimate of drug-likeness (QED) is 0.317. The van der Waals surface area contributed by atoms with Crippen LogP contribution in [0.5, 0.6) is 0 Å². The van der Waals surface area contributed by atoms with Crippen LogP contribution < -0.4 is 10.6 Å². The fourth-order valence-electron chi connectivity index (χ4n) is 4.50. The third-order valence-corrected chi connectivity index (χ3v) is 7.21. The van der Waals surface area contributed by atoms with E-state index in [0.29, 0.717) is 37.4 Å². The van der Waals surface area contributed by atoms with Crippen LogP contribution in [0.1, 0.15) is 24.1 Å². The normalized spacial score (nSPS) is 15.6. The van der Waals surface area contributed by atoms with Gasteiger partial charge in [-0.3, -0.25) is 4.79 Å². The average molecular weight is 495 g/mol. The van der Waals surface area contributed by atoms with Crippen molar-refractivity contribution in [1.82, 2.24) is 25.3 Å². The SMILES string of the molecule is CS(=O)(=O)CCCNC(=O)[C@H]1CCc2[nH]c3ncnc(Nc4cccc(-c5cnco5)c4)c3c2C1. The molecule has 182 valence electrons. The number of benzene rings is 1. The first-order valence-corrected chi connectivity index (χ1v) is 13.5. The highest BCUT2D eigenvalue weighted by Crippen LogP contribution is 2.35. The zero-order chi connectivity index (χ0) is 24.4. The molecule has 0 spiro atoms. The van der Waals surface area contributed by atoms with Gasteiger partial charge in [0.2, 0.25) is 5.91 Å². The number of hydrogen-bond donors (Lipinski definition) is 3. The van der Waals surface area contributed by atoms with Gasteiger partial charge >= 0.3 is 0 Å². The molecule has 4 aromatic rings. The Labute approximate surface area is 202 Å². The van der Waals surface area contributed by atoms with Crippen LogP contribution in [0.25, 0.3) is 22.4 Å². The van der Waals surface area contributed by atoms with Gasteiger partial charge in [-0.15, -0.1) is 0 Å². The zero-order valence-corrected chi connectivity index (χ0v) is 20.1. The lowest BCUT2D eigenvalue weighted by Crippen LogP contribution is -2.35. The fourth-order valence-corrected chi connectivity index (χ4v) is 5.16. The molecular weight excluding hydrogens is 468 g/mol. The van der Waals surface area contributed by atoms with E-state index in [0.717, 1.165) is 40.0 Å². The highest BCUT2D eigenvalue weighted by atomic mass is 32.2. The highest BCUT2D eigenvalue weighted by Gasteiger charge is 2.29. The van der Waals surface area contributed by atoms with Crippen molar-refractivity contribution >= 4 is 38.3 Å². The predicted octanol–water partition coefficient (Wildman–Crippen LogP) is 3.01. The Morgan fingerprint density at radius 1 is 1.29 bits per heavy atom. The second kappa shape index (κ2) is 9.49. The molecule has 0 saturated heterocycles. The van der Waals surface area contributed by atoms with E-state index < -0.39 is 9.84 Å². The van der Waals surface area contributed by atoms with Gasteiger partial charge in [-0.1, -0.05) is 12.1 Å². The average Bonchev–Trinajstić information content (AvgIpc) is 3.49. The van der Waals surface area contributed by atoms with Crippen molar-refractivity contribution < 1.29 is 17.6 Å². The first kappa shape index (κ1) is 23.0. The first-order valence-electron chi connectivity index (χ1n) is 11.4. The molecule has 1 aromatic carbocycles. The number of carbonyl (C=O) groups is 1. The summed E-state index contributed by atoms with van der Waals surface area (Å²) in [4.78, 5) is 29.1. The Bertz CT molecular complexity index is 1460. The summed E-state index contributed by atoms with van der Waals surface area (Å²) in [5, 5.41) is 7.17. The third kappa shape index (κ3) is 5.19. The smallest absolute Gasteiger partial charge is 0.223 e. The number of hydrogen-bond acceptors (Lipinski definition) is 8. The summed E-state index contributed by atoms with van der Waals surface area (Å²) >= 11 is 0. The van der Waals surface area contributed by atoms with E-state index in [2.05, 4.69) is 30.6 Å². The fraction of sp³-hybridized carbons (Fsp3) is 0.333. The van der Waals surface area contributed by atoms with Gasteiger partial charge in [0.15, 0.2) is 12.2 Å². The molecule has 35 heavy (non-hydrogen) atoms. The minimum Gasteiger partial charge on any atom is -0.444 e. The van der Waals surface area contributed by atoms with Crippen molar-refractivity contribution in [2.24, 2.45) is 5.92 Å². The molecule has 1 aliphatic carbocycles. The highest BCUT2D eigenvalue weighted by molar-refractivity contribution is 7.90. The Morgan fingerprint density at radius 2 is 2.17 bits per heavy atom. The summed E-state index contributed by atoms with van der Waals surface area (Å²) in [7, 11) is -3.03. The number of aromatic nitrogens is 4. The molecule has 0 unspecified atom stereocenters. The molecule has 3 heterocycles. The molecule has 0 aliphatic heterocycles. The Kier molecular flexibility index (Phi) is 6.25. The van der Waals surface area contributed by atoms with Gasteiger partial charge in [0.25, 0.3) is 0 Å². The van der Waals surface area contributed by atoms with Crippen LogP contribution in [0.4, 0.5) is 11.5 Å². The molecule has 0 radical (unpaired) electrons. The molecule has 0 saturated carbocycles. The lowest BCUT2D eigenvalue weighted by Gasteiger charge is -2.22. The molecule has 1 amide bonds. The lowest BCUT2D eigenvalue weighted by atomic mass is 9.86. The summed E-state index contributed by atoms with van der Waals surface area (Å²) in [6, 6.07) is 7.77. The van der Waals surface area contributed by atoms with E-state index in [-0.39, 0.29) is 17.6 Å². The summed E-state index contributed by atoms with van der Waals surface area (Å²) in [6.45, 7) is 0.348. The standard InChI is InChI=1S/C24H26N6O4S/c1-35(32,33)9-3-8-26-24(31)16-6-7-19-18(11-16)21-22(27-13-28-23(21)30-19)29-17-5-2-4-15(10-17)20-12-25-14-34-20/h2,4-5,10,12-14,16H,3,6-9,11H2,1H3,(H,26,31)(H2,27,28,29,30)/t16-/m0/s1. The summed E-state index contributed by atoms with van der Waals surface area (Å²) in [5.41, 5.74) is 4.57. The van der Waals surface area contributed by atoms with Gasteiger partial charge in [-0.2, -0.15) is 0 Å².